The molecule has 0 atom stereocenters. The predicted molar refractivity (Wildman–Crippen MR) is 80.7 cm³/mol. The summed E-state index contributed by atoms with van der Waals surface area (Å²) >= 11 is 1.43. The van der Waals surface area contributed by atoms with Crippen molar-refractivity contribution < 1.29 is 18.3 Å². The van der Waals surface area contributed by atoms with E-state index >= 15 is 0 Å². The minimum atomic E-state index is -3.52. The highest BCUT2D eigenvalue weighted by Gasteiger charge is 2.21. The number of hydrogen-bond donors (Lipinski definition) is 1. The standard InChI is InChI=1S/C14H15NO4S2/c1-9-11(14(16)17)4-3-5-13(9)21(18,19)7-6-12-10(2)15-8-20-12/h3-5,8H,6-7H2,1-2H3,(H,16,17). The molecule has 0 aliphatic rings. The Kier molecular flexibility index (Phi) is 4.43. The molecule has 2 aromatic rings. The Hall–Kier alpha value is -1.73. The van der Waals surface area contributed by atoms with Gasteiger partial charge in [-0.25, -0.2) is 18.2 Å². The van der Waals surface area contributed by atoms with Crippen molar-refractivity contribution in [1.82, 2.24) is 4.98 Å². The van der Waals surface area contributed by atoms with Gasteiger partial charge < -0.3 is 5.11 Å². The summed E-state index contributed by atoms with van der Waals surface area (Å²) in [5.74, 6) is -1.18. The van der Waals surface area contributed by atoms with E-state index in [1.54, 1.807) is 5.51 Å². The number of carbonyl (C=O) groups is 1. The van der Waals surface area contributed by atoms with E-state index in [9.17, 15) is 13.2 Å². The molecule has 0 saturated heterocycles. The molecule has 7 heteroatoms. The lowest BCUT2D eigenvalue weighted by molar-refractivity contribution is 0.0696. The number of aryl methyl sites for hydroxylation is 2. The van der Waals surface area contributed by atoms with E-state index in [-0.39, 0.29) is 21.8 Å². The quantitative estimate of drug-likeness (QED) is 0.913. The molecule has 1 heterocycles. The topological polar surface area (TPSA) is 84.3 Å². The zero-order valence-electron chi connectivity index (χ0n) is 11.7. The molecule has 1 N–H and O–H groups in total. The SMILES string of the molecule is Cc1ncsc1CCS(=O)(=O)c1cccc(C(=O)O)c1C. The van der Waals surface area contributed by atoms with Crippen LogP contribution in [0.25, 0.3) is 0 Å². The van der Waals surface area contributed by atoms with Gasteiger partial charge in [-0.15, -0.1) is 11.3 Å². The number of hydrogen-bond acceptors (Lipinski definition) is 5. The zero-order chi connectivity index (χ0) is 15.6. The minimum Gasteiger partial charge on any atom is -0.478 e. The van der Waals surface area contributed by atoms with E-state index in [2.05, 4.69) is 4.98 Å². The maximum Gasteiger partial charge on any atom is 0.335 e. The van der Waals surface area contributed by atoms with Gasteiger partial charge in [0.25, 0.3) is 0 Å². The smallest absolute Gasteiger partial charge is 0.335 e. The normalized spacial score (nSPS) is 11.5. The van der Waals surface area contributed by atoms with Crippen molar-refractivity contribution in [1.29, 1.82) is 0 Å². The molecular formula is C14H15NO4S2. The third-order valence-electron chi connectivity index (χ3n) is 3.29. The molecule has 0 saturated carbocycles. The van der Waals surface area contributed by atoms with Crippen molar-refractivity contribution >= 4 is 27.1 Å². The first kappa shape index (κ1) is 15.7. The summed E-state index contributed by atoms with van der Waals surface area (Å²) < 4.78 is 24.9. The highest BCUT2D eigenvalue weighted by Crippen LogP contribution is 2.22. The number of benzene rings is 1. The van der Waals surface area contributed by atoms with E-state index in [4.69, 9.17) is 5.11 Å². The molecule has 2 rings (SSSR count). The number of thiazole rings is 1. The number of carboxylic acid groups (broad SMARTS) is 1. The fourth-order valence-corrected chi connectivity index (χ4v) is 4.55. The first-order valence-electron chi connectivity index (χ1n) is 6.27. The summed E-state index contributed by atoms with van der Waals surface area (Å²) in [6.07, 6.45) is 0.384. The molecule has 5 nitrogen and oxygen atoms in total. The summed E-state index contributed by atoms with van der Waals surface area (Å²) in [6, 6.07) is 4.32. The maximum absolute atomic E-state index is 12.4. The monoisotopic (exact) mass is 325 g/mol. The third kappa shape index (κ3) is 3.30. The third-order valence-corrected chi connectivity index (χ3v) is 6.14. The van der Waals surface area contributed by atoms with Crippen LogP contribution in [0, 0.1) is 13.8 Å². The second kappa shape index (κ2) is 5.95. The zero-order valence-corrected chi connectivity index (χ0v) is 13.3. The van der Waals surface area contributed by atoms with E-state index in [1.807, 2.05) is 6.92 Å². The number of sulfone groups is 1. The summed E-state index contributed by atoms with van der Waals surface area (Å²) in [7, 11) is -3.52. The van der Waals surface area contributed by atoms with Gasteiger partial charge in [0.05, 0.1) is 27.4 Å². The molecule has 0 radical (unpaired) electrons. The molecule has 0 unspecified atom stereocenters. The summed E-state index contributed by atoms with van der Waals surface area (Å²) in [5.41, 5.74) is 2.83. The molecule has 1 aromatic heterocycles. The van der Waals surface area contributed by atoms with Gasteiger partial charge in [-0.3, -0.25) is 0 Å². The molecular weight excluding hydrogens is 310 g/mol. The Balaban J connectivity index is 2.30. The van der Waals surface area contributed by atoms with Crippen molar-refractivity contribution in [2.75, 3.05) is 5.75 Å². The van der Waals surface area contributed by atoms with E-state index in [1.165, 1.54) is 36.5 Å². The van der Waals surface area contributed by atoms with Gasteiger partial charge in [-0.2, -0.15) is 0 Å². The second-order valence-corrected chi connectivity index (χ2v) is 7.68. The second-order valence-electron chi connectivity index (χ2n) is 4.66. The molecule has 0 aliphatic heterocycles. The Morgan fingerprint density at radius 2 is 2.05 bits per heavy atom. The van der Waals surface area contributed by atoms with Crippen LogP contribution in [0.4, 0.5) is 0 Å². The lowest BCUT2D eigenvalue weighted by atomic mass is 10.1. The van der Waals surface area contributed by atoms with Gasteiger partial charge in [-0.05, 0) is 38.0 Å². The predicted octanol–water partition coefficient (Wildman–Crippen LogP) is 2.47. The van der Waals surface area contributed by atoms with Gasteiger partial charge >= 0.3 is 5.97 Å². The van der Waals surface area contributed by atoms with Gasteiger partial charge in [0, 0.05) is 4.88 Å². The Labute approximate surface area is 127 Å². The Morgan fingerprint density at radius 1 is 1.33 bits per heavy atom. The van der Waals surface area contributed by atoms with Crippen LogP contribution >= 0.6 is 11.3 Å². The van der Waals surface area contributed by atoms with Gasteiger partial charge in [0.2, 0.25) is 0 Å². The van der Waals surface area contributed by atoms with E-state index in [0.717, 1.165) is 10.6 Å². The number of carboxylic acids is 1. The fraction of sp³-hybridized carbons (Fsp3) is 0.286. The molecule has 0 fully saturated rings. The minimum absolute atomic E-state index is 0.0186. The molecule has 0 amide bonds. The van der Waals surface area contributed by atoms with Crippen LogP contribution in [0.15, 0.2) is 28.6 Å². The van der Waals surface area contributed by atoms with Crippen molar-refractivity contribution in [3.8, 4) is 0 Å². The van der Waals surface area contributed by atoms with Crippen molar-refractivity contribution in [2.45, 2.75) is 25.2 Å². The highest BCUT2D eigenvalue weighted by molar-refractivity contribution is 7.91. The number of nitrogens with zero attached hydrogens (tertiary/aromatic N) is 1. The van der Waals surface area contributed by atoms with Crippen LogP contribution in [0.3, 0.4) is 0 Å². The summed E-state index contributed by atoms with van der Waals surface area (Å²) in [4.78, 5) is 16.2. The first-order valence-corrected chi connectivity index (χ1v) is 8.80. The Bertz CT molecular complexity index is 778. The number of aromatic nitrogens is 1. The first-order chi connectivity index (χ1) is 9.83. The van der Waals surface area contributed by atoms with E-state index < -0.39 is 15.8 Å². The van der Waals surface area contributed by atoms with Crippen LogP contribution in [-0.4, -0.2) is 30.2 Å². The van der Waals surface area contributed by atoms with Crippen LogP contribution in [0.1, 0.15) is 26.5 Å². The van der Waals surface area contributed by atoms with Gasteiger partial charge in [0.15, 0.2) is 9.84 Å². The molecule has 0 spiro atoms. The number of rotatable bonds is 5. The highest BCUT2D eigenvalue weighted by atomic mass is 32.2. The van der Waals surface area contributed by atoms with Gasteiger partial charge in [-0.1, -0.05) is 6.07 Å². The van der Waals surface area contributed by atoms with Gasteiger partial charge in [0.1, 0.15) is 0 Å². The number of aromatic carboxylic acids is 1. The maximum atomic E-state index is 12.4. The van der Waals surface area contributed by atoms with Crippen LogP contribution in [0.5, 0.6) is 0 Å². The molecule has 21 heavy (non-hydrogen) atoms. The van der Waals surface area contributed by atoms with Crippen molar-refractivity contribution in [3.05, 3.63) is 45.4 Å². The largest absolute Gasteiger partial charge is 0.478 e. The van der Waals surface area contributed by atoms with Crippen molar-refractivity contribution in [3.63, 3.8) is 0 Å². The lowest BCUT2D eigenvalue weighted by Gasteiger charge is -2.09. The Morgan fingerprint density at radius 3 is 2.62 bits per heavy atom. The summed E-state index contributed by atoms with van der Waals surface area (Å²) in [5, 5.41) is 9.07. The van der Waals surface area contributed by atoms with Crippen LogP contribution in [-0.2, 0) is 16.3 Å². The lowest BCUT2D eigenvalue weighted by Crippen LogP contribution is -2.13. The van der Waals surface area contributed by atoms with Crippen molar-refractivity contribution in [2.24, 2.45) is 0 Å². The molecule has 1 aromatic carbocycles. The molecule has 0 bridgehead atoms. The fourth-order valence-electron chi connectivity index (χ4n) is 2.09. The summed E-state index contributed by atoms with van der Waals surface area (Å²) in [6.45, 7) is 3.36. The average Bonchev–Trinajstić information content (AvgIpc) is 2.82. The molecule has 0 aliphatic carbocycles. The van der Waals surface area contributed by atoms with Crippen LogP contribution < -0.4 is 0 Å². The van der Waals surface area contributed by atoms with E-state index in [0.29, 0.717) is 6.42 Å². The molecule has 112 valence electrons. The average molecular weight is 325 g/mol. The van der Waals surface area contributed by atoms with Crippen LogP contribution in [0.2, 0.25) is 0 Å².